The average Bonchev–Trinajstić information content (AvgIpc) is 3.31. The number of hydrogen-bond donors (Lipinski definition) is 1. The average molecular weight is 470 g/mol. The summed E-state index contributed by atoms with van der Waals surface area (Å²) >= 11 is 3.75. The SMILES string of the molecule is CCCCCCCSc1ccc(-c2cc(N3CC4C(CN)C4C3)ccc2N(C)SC)cc1. The summed E-state index contributed by atoms with van der Waals surface area (Å²) in [6.07, 6.45) is 8.89. The van der Waals surface area contributed by atoms with E-state index in [4.69, 9.17) is 5.73 Å². The fourth-order valence-corrected chi connectivity index (χ4v) is 6.43. The molecular weight excluding hydrogens is 430 g/mol. The number of rotatable bonds is 12. The third-order valence-electron chi connectivity index (χ3n) is 7.28. The molecule has 1 aliphatic carbocycles. The Morgan fingerprint density at radius 2 is 1.72 bits per heavy atom. The number of nitrogens with two attached hydrogens (primary N) is 1. The highest BCUT2D eigenvalue weighted by molar-refractivity contribution is 8.00. The molecule has 1 heterocycles. The van der Waals surface area contributed by atoms with Crippen LogP contribution < -0.4 is 14.9 Å². The highest BCUT2D eigenvalue weighted by Gasteiger charge is 2.54. The molecule has 5 heteroatoms. The van der Waals surface area contributed by atoms with Gasteiger partial charge in [-0.3, -0.25) is 0 Å². The van der Waals surface area contributed by atoms with Crippen LogP contribution in [0, 0.1) is 17.8 Å². The number of thioether (sulfide) groups is 1. The van der Waals surface area contributed by atoms with Crippen molar-refractivity contribution in [3.05, 3.63) is 42.5 Å². The van der Waals surface area contributed by atoms with E-state index in [0.29, 0.717) is 0 Å². The summed E-state index contributed by atoms with van der Waals surface area (Å²) in [6, 6.07) is 16.2. The lowest BCUT2D eigenvalue weighted by Gasteiger charge is -2.26. The Hall–Kier alpha value is -1.30. The molecule has 1 aliphatic heterocycles. The zero-order valence-corrected chi connectivity index (χ0v) is 21.6. The second-order valence-corrected chi connectivity index (χ2v) is 11.4. The van der Waals surface area contributed by atoms with Crippen LogP contribution in [0.3, 0.4) is 0 Å². The molecule has 3 nitrogen and oxygen atoms in total. The van der Waals surface area contributed by atoms with Gasteiger partial charge in [-0.05, 0) is 72.4 Å². The molecular formula is C27H39N3S2. The van der Waals surface area contributed by atoms with Gasteiger partial charge in [-0.2, -0.15) is 0 Å². The maximum Gasteiger partial charge on any atom is 0.0546 e. The first-order valence-corrected chi connectivity index (χ1v) is 14.4. The summed E-state index contributed by atoms with van der Waals surface area (Å²) in [5.41, 5.74) is 11.2. The van der Waals surface area contributed by atoms with Gasteiger partial charge in [0.05, 0.1) is 5.69 Å². The van der Waals surface area contributed by atoms with Crippen molar-refractivity contribution < 1.29 is 0 Å². The molecule has 1 saturated carbocycles. The highest BCUT2D eigenvalue weighted by atomic mass is 32.2. The molecule has 1 saturated heterocycles. The van der Waals surface area contributed by atoms with Crippen molar-refractivity contribution in [2.24, 2.45) is 23.5 Å². The van der Waals surface area contributed by atoms with Gasteiger partial charge in [0.25, 0.3) is 0 Å². The maximum absolute atomic E-state index is 5.92. The van der Waals surface area contributed by atoms with E-state index in [1.165, 1.54) is 65.3 Å². The molecule has 0 aromatic heterocycles. The van der Waals surface area contributed by atoms with Gasteiger partial charge in [-0.15, -0.1) is 11.8 Å². The molecule has 0 amide bonds. The Bertz CT molecular complexity index is 858. The molecule has 2 aromatic carbocycles. The van der Waals surface area contributed by atoms with Crippen LogP contribution >= 0.6 is 23.7 Å². The first kappa shape index (κ1) is 23.8. The van der Waals surface area contributed by atoms with Crippen LogP contribution in [0.1, 0.15) is 39.0 Å². The minimum absolute atomic E-state index is 0.768. The molecule has 0 spiro atoms. The predicted molar refractivity (Wildman–Crippen MR) is 145 cm³/mol. The van der Waals surface area contributed by atoms with Crippen molar-refractivity contribution in [1.82, 2.24) is 0 Å². The number of piperidine rings is 1. The third-order valence-corrected chi connectivity index (χ3v) is 9.13. The zero-order chi connectivity index (χ0) is 22.5. The number of fused-ring (bicyclic) bond motifs is 1. The minimum Gasteiger partial charge on any atom is -0.371 e. The van der Waals surface area contributed by atoms with Gasteiger partial charge in [0.15, 0.2) is 0 Å². The van der Waals surface area contributed by atoms with Gasteiger partial charge in [-0.25, -0.2) is 0 Å². The van der Waals surface area contributed by atoms with Gasteiger partial charge in [0.1, 0.15) is 0 Å². The van der Waals surface area contributed by atoms with Crippen LogP contribution in [0.15, 0.2) is 47.4 Å². The summed E-state index contributed by atoms with van der Waals surface area (Å²) in [5, 5.41) is 0. The van der Waals surface area contributed by atoms with E-state index in [1.807, 2.05) is 11.8 Å². The van der Waals surface area contributed by atoms with E-state index < -0.39 is 0 Å². The van der Waals surface area contributed by atoms with Gasteiger partial charge in [0, 0.05) is 42.5 Å². The minimum atomic E-state index is 0.768. The van der Waals surface area contributed by atoms with Crippen LogP contribution in [0.5, 0.6) is 0 Å². The van der Waals surface area contributed by atoms with E-state index in [1.54, 1.807) is 11.9 Å². The van der Waals surface area contributed by atoms with Crippen molar-refractivity contribution in [1.29, 1.82) is 0 Å². The smallest absolute Gasteiger partial charge is 0.0546 e. The van der Waals surface area contributed by atoms with E-state index in [9.17, 15) is 0 Å². The van der Waals surface area contributed by atoms with Gasteiger partial charge >= 0.3 is 0 Å². The van der Waals surface area contributed by atoms with E-state index in [-0.39, 0.29) is 0 Å². The summed E-state index contributed by atoms with van der Waals surface area (Å²) in [6.45, 7) is 5.46. The largest absolute Gasteiger partial charge is 0.371 e. The molecule has 2 unspecified atom stereocenters. The second kappa shape index (κ2) is 11.2. The number of hydrogen-bond acceptors (Lipinski definition) is 5. The van der Waals surface area contributed by atoms with Crippen LogP contribution in [-0.2, 0) is 0 Å². The van der Waals surface area contributed by atoms with Crippen molar-refractivity contribution >= 4 is 35.1 Å². The molecule has 2 aromatic rings. The monoisotopic (exact) mass is 469 g/mol. The summed E-state index contributed by atoms with van der Waals surface area (Å²) in [5.74, 6) is 3.62. The lowest BCUT2D eigenvalue weighted by Crippen LogP contribution is -2.25. The summed E-state index contributed by atoms with van der Waals surface area (Å²) in [7, 11) is 2.16. The molecule has 2 N–H and O–H groups in total. The fraction of sp³-hybridized carbons (Fsp3) is 0.556. The Balaban J connectivity index is 1.45. The quantitative estimate of drug-likeness (QED) is 0.211. The maximum atomic E-state index is 5.92. The van der Waals surface area contributed by atoms with Crippen LogP contribution in [0.25, 0.3) is 11.1 Å². The van der Waals surface area contributed by atoms with Gasteiger partial charge in [-0.1, -0.05) is 56.7 Å². The highest BCUT2D eigenvalue weighted by Crippen LogP contribution is 2.52. The number of benzene rings is 2. The summed E-state index contributed by atoms with van der Waals surface area (Å²) in [4.78, 5) is 3.95. The Morgan fingerprint density at radius 3 is 2.38 bits per heavy atom. The topological polar surface area (TPSA) is 32.5 Å². The van der Waals surface area contributed by atoms with Crippen molar-refractivity contribution in [2.45, 2.75) is 43.9 Å². The molecule has 32 heavy (non-hydrogen) atoms. The predicted octanol–water partition coefficient (Wildman–Crippen LogP) is 6.77. The van der Waals surface area contributed by atoms with E-state index >= 15 is 0 Å². The van der Waals surface area contributed by atoms with Gasteiger partial charge in [0.2, 0.25) is 0 Å². The fourth-order valence-electron chi connectivity index (χ4n) is 5.16. The van der Waals surface area contributed by atoms with Crippen molar-refractivity contribution in [2.75, 3.05) is 47.9 Å². The Morgan fingerprint density at radius 1 is 1.00 bits per heavy atom. The third kappa shape index (κ3) is 5.43. The molecule has 174 valence electrons. The van der Waals surface area contributed by atoms with Gasteiger partial charge < -0.3 is 14.9 Å². The molecule has 4 rings (SSSR count). The second-order valence-electron chi connectivity index (χ2n) is 9.30. The number of anilines is 2. The molecule has 2 atom stereocenters. The van der Waals surface area contributed by atoms with Crippen molar-refractivity contribution in [3.63, 3.8) is 0 Å². The van der Waals surface area contributed by atoms with E-state index in [0.717, 1.165) is 37.4 Å². The summed E-state index contributed by atoms with van der Waals surface area (Å²) < 4.78 is 2.27. The number of unbranched alkanes of at least 4 members (excludes halogenated alkanes) is 4. The molecule has 0 bridgehead atoms. The Labute approximate surface area is 203 Å². The van der Waals surface area contributed by atoms with Crippen LogP contribution in [-0.4, -0.2) is 38.7 Å². The lowest BCUT2D eigenvalue weighted by atomic mass is 10.0. The molecule has 0 radical (unpaired) electrons. The Kier molecular flexibility index (Phi) is 8.36. The number of nitrogens with zero attached hydrogens (tertiary/aromatic N) is 2. The molecule has 2 fully saturated rings. The molecule has 2 aliphatic rings. The first-order chi connectivity index (χ1) is 15.7. The zero-order valence-electron chi connectivity index (χ0n) is 19.9. The normalized spacial score (nSPS) is 21.6. The van der Waals surface area contributed by atoms with Crippen molar-refractivity contribution in [3.8, 4) is 11.1 Å². The van der Waals surface area contributed by atoms with E-state index in [2.05, 4.69) is 71.9 Å². The van der Waals surface area contributed by atoms with Crippen LogP contribution in [0.4, 0.5) is 11.4 Å². The lowest BCUT2D eigenvalue weighted by molar-refractivity contribution is 0.648. The standard InChI is InChI=1S/C27H39N3S2/c1-4-5-6-7-8-15-32-22-12-9-20(10-13-22)23-16-21(11-14-27(23)29(2)31-3)30-18-25-24(17-28)26(25)19-30/h9-14,16,24-26H,4-8,15,17-19,28H2,1-3H3. The first-order valence-electron chi connectivity index (χ1n) is 12.3. The van der Waals surface area contributed by atoms with Crippen LogP contribution in [0.2, 0.25) is 0 Å².